The Labute approximate surface area is 121 Å². The molecule has 0 amide bonds. The van der Waals surface area contributed by atoms with E-state index in [-0.39, 0.29) is 0 Å². The van der Waals surface area contributed by atoms with E-state index in [0.29, 0.717) is 18.9 Å². The molecule has 110 valence electrons. The lowest BCUT2D eigenvalue weighted by Gasteiger charge is -2.15. The fourth-order valence-electron chi connectivity index (χ4n) is 2.46. The van der Waals surface area contributed by atoms with E-state index in [0.717, 1.165) is 18.7 Å². The third-order valence-electron chi connectivity index (χ3n) is 3.57. The monoisotopic (exact) mass is 276 g/mol. The molecule has 0 radical (unpaired) electrons. The molecule has 1 aromatic carbocycles. The van der Waals surface area contributed by atoms with Crippen LogP contribution in [0.4, 0.5) is 0 Å². The minimum Gasteiger partial charge on any atom is -0.494 e. The maximum atomic E-state index is 7.40. The van der Waals surface area contributed by atoms with Crippen molar-refractivity contribution in [2.24, 2.45) is 0 Å². The van der Waals surface area contributed by atoms with Crippen molar-refractivity contribution in [2.45, 2.75) is 32.2 Å². The third-order valence-corrected chi connectivity index (χ3v) is 3.57. The first-order valence-corrected chi connectivity index (χ1v) is 7.33. The summed E-state index contributed by atoms with van der Waals surface area (Å²) in [5.74, 6) is 1.24. The fraction of sp³-hybridized carbons (Fsp3) is 0.562. The van der Waals surface area contributed by atoms with E-state index < -0.39 is 0 Å². The standard InChI is InChI=1S/C16H24N2O2/c1-19-16(17)8-5-11-20-15-7-4-6-14(12-15)13-18-9-2-3-10-18/h4,6-7,12,17H,2-3,5,8-11,13H2,1H3. The first-order valence-electron chi connectivity index (χ1n) is 7.33. The Balaban J connectivity index is 1.75. The molecule has 0 aromatic heterocycles. The zero-order chi connectivity index (χ0) is 14.2. The van der Waals surface area contributed by atoms with Gasteiger partial charge < -0.3 is 9.47 Å². The molecular formula is C16H24N2O2. The normalized spacial score (nSPS) is 15.2. The van der Waals surface area contributed by atoms with Gasteiger partial charge in [0, 0.05) is 13.0 Å². The number of benzene rings is 1. The van der Waals surface area contributed by atoms with Crippen molar-refractivity contribution in [1.82, 2.24) is 4.90 Å². The molecule has 4 nitrogen and oxygen atoms in total. The molecule has 1 aromatic rings. The van der Waals surface area contributed by atoms with Crippen LogP contribution in [0.25, 0.3) is 0 Å². The van der Waals surface area contributed by atoms with Crippen LogP contribution < -0.4 is 4.74 Å². The number of rotatable bonds is 7. The molecule has 0 saturated carbocycles. The molecule has 0 spiro atoms. The summed E-state index contributed by atoms with van der Waals surface area (Å²) in [5, 5.41) is 7.40. The van der Waals surface area contributed by atoms with Crippen LogP contribution in [0.1, 0.15) is 31.2 Å². The van der Waals surface area contributed by atoms with Gasteiger partial charge in [-0.05, 0) is 50.0 Å². The van der Waals surface area contributed by atoms with Crippen LogP contribution >= 0.6 is 0 Å². The van der Waals surface area contributed by atoms with Gasteiger partial charge in [-0.25, -0.2) is 0 Å². The first-order chi connectivity index (χ1) is 9.78. The Morgan fingerprint density at radius 1 is 1.30 bits per heavy atom. The minimum atomic E-state index is 0.316. The second-order valence-corrected chi connectivity index (χ2v) is 5.21. The highest BCUT2D eigenvalue weighted by Gasteiger charge is 2.11. The van der Waals surface area contributed by atoms with Crippen LogP contribution in [0, 0.1) is 5.41 Å². The molecule has 0 unspecified atom stereocenters. The number of hydrogen-bond acceptors (Lipinski definition) is 4. The summed E-state index contributed by atoms with van der Waals surface area (Å²) in [7, 11) is 1.53. The average Bonchev–Trinajstić information content (AvgIpc) is 2.96. The minimum absolute atomic E-state index is 0.316. The number of methoxy groups -OCH3 is 1. The second kappa shape index (κ2) is 7.90. The highest BCUT2D eigenvalue weighted by atomic mass is 16.5. The molecular weight excluding hydrogens is 252 g/mol. The molecule has 1 heterocycles. The maximum Gasteiger partial charge on any atom is 0.180 e. The van der Waals surface area contributed by atoms with Crippen molar-refractivity contribution in [2.75, 3.05) is 26.8 Å². The van der Waals surface area contributed by atoms with Crippen molar-refractivity contribution >= 4 is 5.90 Å². The van der Waals surface area contributed by atoms with E-state index in [1.165, 1.54) is 38.6 Å². The van der Waals surface area contributed by atoms with Gasteiger partial charge in [-0.3, -0.25) is 10.3 Å². The van der Waals surface area contributed by atoms with Crippen LogP contribution in [0.2, 0.25) is 0 Å². The predicted molar refractivity (Wildman–Crippen MR) is 80.4 cm³/mol. The summed E-state index contributed by atoms with van der Waals surface area (Å²) in [5.41, 5.74) is 1.31. The molecule has 0 atom stereocenters. The topological polar surface area (TPSA) is 45.6 Å². The van der Waals surface area contributed by atoms with E-state index in [2.05, 4.69) is 23.1 Å². The molecule has 1 saturated heterocycles. The lowest BCUT2D eigenvalue weighted by molar-refractivity contribution is 0.303. The Hall–Kier alpha value is -1.55. The Morgan fingerprint density at radius 3 is 2.85 bits per heavy atom. The lowest BCUT2D eigenvalue weighted by Crippen LogP contribution is -2.18. The van der Waals surface area contributed by atoms with Crippen LogP contribution in [0.3, 0.4) is 0 Å². The van der Waals surface area contributed by atoms with Crippen molar-refractivity contribution in [3.05, 3.63) is 29.8 Å². The van der Waals surface area contributed by atoms with Gasteiger partial charge in [0.2, 0.25) is 0 Å². The van der Waals surface area contributed by atoms with E-state index >= 15 is 0 Å². The van der Waals surface area contributed by atoms with Crippen molar-refractivity contribution in [3.8, 4) is 5.75 Å². The van der Waals surface area contributed by atoms with Gasteiger partial charge in [-0.1, -0.05) is 12.1 Å². The molecule has 1 fully saturated rings. The molecule has 4 heteroatoms. The zero-order valence-electron chi connectivity index (χ0n) is 12.2. The molecule has 2 rings (SSSR count). The van der Waals surface area contributed by atoms with Crippen molar-refractivity contribution in [3.63, 3.8) is 0 Å². The largest absolute Gasteiger partial charge is 0.494 e. The highest BCUT2D eigenvalue weighted by molar-refractivity contribution is 5.72. The lowest BCUT2D eigenvalue weighted by atomic mass is 10.2. The Kier molecular flexibility index (Phi) is 5.87. The van der Waals surface area contributed by atoms with E-state index in [1.807, 2.05) is 6.07 Å². The summed E-state index contributed by atoms with van der Waals surface area (Å²) >= 11 is 0. The van der Waals surface area contributed by atoms with Gasteiger partial charge in [0.05, 0.1) is 13.7 Å². The van der Waals surface area contributed by atoms with Gasteiger partial charge in [0.25, 0.3) is 0 Å². The SMILES string of the molecule is COC(=N)CCCOc1cccc(CN2CCCC2)c1. The molecule has 1 N–H and O–H groups in total. The third kappa shape index (κ3) is 4.85. The first kappa shape index (κ1) is 14.9. The highest BCUT2D eigenvalue weighted by Crippen LogP contribution is 2.17. The predicted octanol–water partition coefficient (Wildman–Crippen LogP) is 3.07. The van der Waals surface area contributed by atoms with Crippen molar-refractivity contribution < 1.29 is 9.47 Å². The van der Waals surface area contributed by atoms with Crippen LogP contribution in [0.5, 0.6) is 5.75 Å². The van der Waals surface area contributed by atoms with Gasteiger partial charge in [0.1, 0.15) is 5.75 Å². The summed E-state index contributed by atoms with van der Waals surface area (Å²) in [4.78, 5) is 2.49. The number of hydrogen-bond donors (Lipinski definition) is 1. The average molecular weight is 276 g/mol. The van der Waals surface area contributed by atoms with Gasteiger partial charge in [-0.2, -0.15) is 0 Å². The quantitative estimate of drug-likeness (QED) is 0.473. The molecule has 0 bridgehead atoms. The molecule has 1 aliphatic rings. The smallest absolute Gasteiger partial charge is 0.180 e. The fourth-order valence-corrected chi connectivity index (χ4v) is 2.46. The van der Waals surface area contributed by atoms with E-state index in [1.54, 1.807) is 0 Å². The molecule has 0 aliphatic carbocycles. The summed E-state index contributed by atoms with van der Waals surface area (Å²) in [6.07, 6.45) is 4.08. The maximum absolute atomic E-state index is 7.40. The molecule has 20 heavy (non-hydrogen) atoms. The van der Waals surface area contributed by atoms with Gasteiger partial charge in [-0.15, -0.1) is 0 Å². The number of nitrogens with one attached hydrogen (secondary N) is 1. The van der Waals surface area contributed by atoms with Gasteiger partial charge >= 0.3 is 0 Å². The van der Waals surface area contributed by atoms with Crippen LogP contribution in [0.15, 0.2) is 24.3 Å². The summed E-state index contributed by atoms with van der Waals surface area (Å²) in [6.45, 7) is 4.07. The zero-order valence-corrected chi connectivity index (χ0v) is 12.2. The van der Waals surface area contributed by atoms with Crippen LogP contribution in [-0.4, -0.2) is 37.6 Å². The number of nitrogens with zero attached hydrogens (tertiary/aromatic N) is 1. The summed E-state index contributed by atoms with van der Waals surface area (Å²) < 4.78 is 10.6. The second-order valence-electron chi connectivity index (χ2n) is 5.21. The summed E-state index contributed by atoms with van der Waals surface area (Å²) in [6, 6.07) is 8.33. The van der Waals surface area contributed by atoms with Gasteiger partial charge in [0.15, 0.2) is 5.90 Å². The van der Waals surface area contributed by atoms with Crippen molar-refractivity contribution in [1.29, 1.82) is 5.41 Å². The Morgan fingerprint density at radius 2 is 2.10 bits per heavy atom. The Bertz CT molecular complexity index is 428. The van der Waals surface area contributed by atoms with E-state index in [4.69, 9.17) is 14.9 Å². The number of ether oxygens (including phenoxy) is 2. The van der Waals surface area contributed by atoms with E-state index in [9.17, 15) is 0 Å². The molecule has 1 aliphatic heterocycles. The number of likely N-dealkylation sites (tertiary alicyclic amines) is 1. The van der Waals surface area contributed by atoms with Crippen LogP contribution in [-0.2, 0) is 11.3 Å².